The van der Waals surface area contributed by atoms with Crippen molar-refractivity contribution in [2.75, 3.05) is 14.2 Å². The van der Waals surface area contributed by atoms with Crippen LogP contribution in [-0.4, -0.2) is 26.9 Å². The fourth-order valence-corrected chi connectivity index (χ4v) is 4.05. The summed E-state index contributed by atoms with van der Waals surface area (Å²) in [5.41, 5.74) is 1.74. The molecule has 0 amide bonds. The maximum absolute atomic E-state index is 13.1. The van der Waals surface area contributed by atoms with E-state index < -0.39 is 10.0 Å². The van der Waals surface area contributed by atoms with E-state index in [1.807, 2.05) is 48.5 Å². The first-order chi connectivity index (χ1) is 13.4. The van der Waals surface area contributed by atoms with Gasteiger partial charge in [-0.15, -0.1) is 6.58 Å². The molecule has 0 unspecified atom stereocenters. The lowest BCUT2D eigenvalue weighted by Gasteiger charge is -2.24. The van der Waals surface area contributed by atoms with Crippen LogP contribution in [0, 0.1) is 0 Å². The minimum absolute atomic E-state index is 0.189. The highest BCUT2D eigenvalue weighted by Crippen LogP contribution is 2.24. The van der Waals surface area contributed by atoms with Crippen LogP contribution in [0.1, 0.15) is 24.0 Å². The summed E-state index contributed by atoms with van der Waals surface area (Å²) >= 11 is 0. The van der Waals surface area contributed by atoms with Crippen molar-refractivity contribution in [3.63, 3.8) is 0 Å². The van der Waals surface area contributed by atoms with Gasteiger partial charge in [-0.1, -0.05) is 36.9 Å². The summed E-state index contributed by atoms with van der Waals surface area (Å²) in [6.45, 7) is 7.94. The third kappa shape index (κ3) is 5.71. The number of hydrogen-bond donors (Lipinski definition) is 0. The zero-order valence-electron chi connectivity index (χ0n) is 16.4. The molecule has 2 aromatic carbocycles. The third-order valence-electron chi connectivity index (χ3n) is 4.37. The van der Waals surface area contributed by atoms with Crippen LogP contribution in [0.2, 0.25) is 0 Å². The van der Waals surface area contributed by atoms with Crippen molar-refractivity contribution in [1.29, 1.82) is 0 Å². The van der Waals surface area contributed by atoms with Crippen LogP contribution in [0.4, 0.5) is 0 Å². The van der Waals surface area contributed by atoms with Gasteiger partial charge in [0.25, 0.3) is 0 Å². The molecule has 0 bridgehead atoms. The molecule has 0 N–H and O–H groups in total. The number of ether oxygens (including phenoxy) is 2. The van der Waals surface area contributed by atoms with Gasteiger partial charge in [-0.25, -0.2) is 8.42 Å². The van der Waals surface area contributed by atoms with Crippen LogP contribution in [0.5, 0.6) is 11.5 Å². The largest absolute Gasteiger partial charge is 0.497 e. The van der Waals surface area contributed by atoms with Crippen LogP contribution in [0.15, 0.2) is 72.7 Å². The van der Waals surface area contributed by atoms with E-state index in [1.54, 1.807) is 20.3 Å². The number of sulfonamides is 1. The number of allylic oxidation sites excluding steroid dienone is 2. The zero-order chi connectivity index (χ0) is 20.6. The lowest BCUT2D eigenvalue weighted by atomic mass is 10.2. The molecule has 0 atom stereocenters. The summed E-state index contributed by atoms with van der Waals surface area (Å²) in [4.78, 5) is 0.189. The van der Waals surface area contributed by atoms with E-state index in [4.69, 9.17) is 9.47 Å². The maximum atomic E-state index is 13.1. The molecule has 0 aliphatic rings. The summed E-state index contributed by atoms with van der Waals surface area (Å²) < 4.78 is 38.1. The van der Waals surface area contributed by atoms with Crippen LogP contribution < -0.4 is 9.47 Å². The third-order valence-corrected chi connectivity index (χ3v) is 6.24. The first-order valence-corrected chi connectivity index (χ1v) is 10.4. The molecule has 2 rings (SSSR count). The van der Waals surface area contributed by atoms with Crippen molar-refractivity contribution in [3.8, 4) is 11.5 Å². The second-order valence-corrected chi connectivity index (χ2v) is 8.38. The van der Waals surface area contributed by atoms with E-state index >= 15 is 0 Å². The molecule has 150 valence electrons. The summed E-state index contributed by atoms with van der Waals surface area (Å²) in [5.74, 6) is 1.45. The molecule has 0 heterocycles. The fraction of sp³-hybridized carbons (Fsp3) is 0.273. The highest BCUT2D eigenvalue weighted by molar-refractivity contribution is 7.92. The second-order valence-electron chi connectivity index (χ2n) is 6.34. The quantitative estimate of drug-likeness (QED) is 0.520. The first kappa shape index (κ1) is 21.7. The topological polar surface area (TPSA) is 55.8 Å². The van der Waals surface area contributed by atoms with Gasteiger partial charge >= 0.3 is 0 Å². The average Bonchev–Trinajstić information content (AvgIpc) is 2.72. The van der Waals surface area contributed by atoms with Gasteiger partial charge in [0.15, 0.2) is 0 Å². The standard InChI is InChI=1S/C22H27NO4S/c1-5-6-7-18(2)28(24,25)23(16-19-8-12-21(26-3)13-9-19)17-20-10-14-22(27-4)15-11-20/h5,8-15H,1-2,6-7,16-17H2,3-4H3. The monoisotopic (exact) mass is 401 g/mol. The highest BCUT2D eigenvalue weighted by atomic mass is 32.2. The average molecular weight is 402 g/mol. The molecule has 6 heteroatoms. The van der Waals surface area contributed by atoms with Crippen LogP contribution in [0.25, 0.3) is 0 Å². The highest BCUT2D eigenvalue weighted by Gasteiger charge is 2.25. The summed E-state index contributed by atoms with van der Waals surface area (Å²) in [5, 5.41) is 0. The number of hydrogen-bond acceptors (Lipinski definition) is 4. The smallest absolute Gasteiger partial charge is 0.239 e. The van der Waals surface area contributed by atoms with E-state index in [2.05, 4.69) is 13.2 Å². The zero-order valence-corrected chi connectivity index (χ0v) is 17.2. The minimum Gasteiger partial charge on any atom is -0.497 e. The molecule has 0 aliphatic heterocycles. The minimum atomic E-state index is -3.67. The van der Waals surface area contributed by atoms with E-state index in [1.165, 1.54) is 4.31 Å². The van der Waals surface area contributed by atoms with Crippen molar-refractivity contribution in [2.45, 2.75) is 25.9 Å². The Hall–Kier alpha value is -2.57. The Labute approximate surface area is 168 Å². The summed E-state index contributed by atoms with van der Waals surface area (Å²) in [7, 11) is -0.480. The van der Waals surface area contributed by atoms with Crippen molar-refractivity contribution < 1.29 is 17.9 Å². The number of benzene rings is 2. The fourth-order valence-electron chi connectivity index (χ4n) is 2.67. The van der Waals surface area contributed by atoms with E-state index in [9.17, 15) is 8.42 Å². The summed E-state index contributed by atoms with van der Waals surface area (Å²) in [6, 6.07) is 14.7. The predicted molar refractivity (Wildman–Crippen MR) is 113 cm³/mol. The number of nitrogens with zero attached hydrogens (tertiary/aromatic N) is 1. The normalized spacial score (nSPS) is 11.2. The Balaban J connectivity index is 2.29. The molecular weight excluding hydrogens is 374 g/mol. The Bertz CT molecular complexity index is 838. The molecule has 0 aromatic heterocycles. The van der Waals surface area contributed by atoms with Crippen LogP contribution in [0.3, 0.4) is 0 Å². The Kier molecular flexibility index (Phi) is 7.84. The van der Waals surface area contributed by atoms with Gasteiger partial charge in [-0.2, -0.15) is 4.31 Å². The molecular formula is C22H27NO4S. The molecule has 0 fully saturated rings. The van der Waals surface area contributed by atoms with Crippen LogP contribution >= 0.6 is 0 Å². The molecule has 0 spiro atoms. The van der Waals surface area contributed by atoms with Crippen LogP contribution in [-0.2, 0) is 23.1 Å². The van der Waals surface area contributed by atoms with Gasteiger partial charge in [0.1, 0.15) is 11.5 Å². The van der Waals surface area contributed by atoms with Gasteiger partial charge in [0.2, 0.25) is 10.0 Å². The van der Waals surface area contributed by atoms with Gasteiger partial charge in [0.05, 0.1) is 19.1 Å². The van der Waals surface area contributed by atoms with Gasteiger partial charge < -0.3 is 9.47 Å². The SMILES string of the molecule is C=CCCC(=C)S(=O)(=O)N(Cc1ccc(OC)cc1)Cc1ccc(OC)cc1. The lowest BCUT2D eigenvalue weighted by Crippen LogP contribution is -2.31. The van der Waals surface area contributed by atoms with Crippen molar-refractivity contribution in [2.24, 2.45) is 0 Å². The van der Waals surface area contributed by atoms with E-state index in [0.717, 1.165) is 22.6 Å². The molecule has 28 heavy (non-hydrogen) atoms. The van der Waals surface area contributed by atoms with Gasteiger partial charge in [-0.3, -0.25) is 0 Å². The van der Waals surface area contributed by atoms with Gasteiger partial charge in [-0.05, 0) is 48.2 Å². The molecule has 0 saturated heterocycles. The van der Waals surface area contributed by atoms with Gasteiger partial charge in [0, 0.05) is 13.1 Å². The van der Waals surface area contributed by atoms with Crippen molar-refractivity contribution in [1.82, 2.24) is 4.31 Å². The van der Waals surface area contributed by atoms with Crippen molar-refractivity contribution in [3.05, 3.63) is 83.8 Å². The molecule has 2 aromatic rings. The lowest BCUT2D eigenvalue weighted by molar-refractivity contribution is 0.400. The molecule has 0 radical (unpaired) electrons. The number of methoxy groups -OCH3 is 2. The Morgan fingerprint density at radius 2 is 1.36 bits per heavy atom. The number of rotatable bonds is 11. The molecule has 0 saturated carbocycles. The summed E-state index contributed by atoms with van der Waals surface area (Å²) in [6.07, 6.45) is 2.61. The predicted octanol–water partition coefficient (Wildman–Crippen LogP) is 4.52. The van der Waals surface area contributed by atoms with E-state index in [-0.39, 0.29) is 18.0 Å². The Morgan fingerprint density at radius 1 is 0.929 bits per heavy atom. The molecule has 5 nitrogen and oxygen atoms in total. The Morgan fingerprint density at radius 3 is 1.71 bits per heavy atom. The first-order valence-electron chi connectivity index (χ1n) is 8.95. The van der Waals surface area contributed by atoms with Crippen molar-refractivity contribution >= 4 is 10.0 Å². The maximum Gasteiger partial charge on any atom is 0.239 e. The second kappa shape index (κ2) is 10.1. The molecule has 0 aliphatic carbocycles. The van der Waals surface area contributed by atoms with E-state index in [0.29, 0.717) is 12.8 Å².